The molecule has 0 spiro atoms. The Bertz CT molecular complexity index is 283. The van der Waals surface area contributed by atoms with Crippen LogP contribution in [0.5, 0.6) is 0 Å². The molecule has 1 saturated carbocycles. The molecule has 3 atom stereocenters. The van der Waals surface area contributed by atoms with Crippen molar-refractivity contribution in [2.75, 3.05) is 20.3 Å². The van der Waals surface area contributed by atoms with E-state index in [1.54, 1.807) is 0 Å². The summed E-state index contributed by atoms with van der Waals surface area (Å²) in [5.41, 5.74) is -0.526. The maximum atomic E-state index is 12.0. The van der Waals surface area contributed by atoms with Gasteiger partial charge in [0.2, 0.25) is 0 Å². The van der Waals surface area contributed by atoms with Gasteiger partial charge in [0, 0.05) is 13.0 Å². The highest BCUT2D eigenvalue weighted by Gasteiger charge is 2.46. The van der Waals surface area contributed by atoms with Crippen molar-refractivity contribution < 1.29 is 14.3 Å². The van der Waals surface area contributed by atoms with Crippen molar-refractivity contribution in [3.63, 3.8) is 0 Å². The summed E-state index contributed by atoms with van der Waals surface area (Å²) in [6, 6.07) is 0. The number of ether oxygens (including phenoxy) is 2. The first-order valence-corrected chi connectivity index (χ1v) is 7.53. The van der Waals surface area contributed by atoms with Gasteiger partial charge in [-0.1, -0.05) is 27.2 Å². The second kappa shape index (κ2) is 7.85. The molecule has 0 aromatic rings. The van der Waals surface area contributed by atoms with Crippen LogP contribution < -0.4 is 5.32 Å². The molecule has 0 aliphatic heterocycles. The molecular weight excluding hydrogens is 242 g/mol. The van der Waals surface area contributed by atoms with Gasteiger partial charge < -0.3 is 14.8 Å². The van der Waals surface area contributed by atoms with E-state index in [0.29, 0.717) is 5.92 Å². The molecular formula is C15H29NO3. The summed E-state index contributed by atoms with van der Waals surface area (Å²) in [4.78, 5) is 12.0. The average molecular weight is 271 g/mol. The molecule has 1 N–H and O–H groups in total. The fourth-order valence-corrected chi connectivity index (χ4v) is 2.97. The standard InChI is InChI=1S/C15H29NO3/c1-5-7-12(3)11-19-13-8-9-15(10-13,16-6-2)14(17)18-4/h12-13,16H,5-11H2,1-4H3. The lowest BCUT2D eigenvalue weighted by atomic mass is 9.97. The van der Waals surface area contributed by atoms with E-state index in [9.17, 15) is 4.79 Å². The summed E-state index contributed by atoms with van der Waals surface area (Å²) in [7, 11) is 1.46. The fourth-order valence-electron chi connectivity index (χ4n) is 2.97. The van der Waals surface area contributed by atoms with Gasteiger partial charge in [0.1, 0.15) is 5.54 Å². The summed E-state index contributed by atoms with van der Waals surface area (Å²) in [6.07, 6.45) is 5.03. The first-order chi connectivity index (χ1) is 9.07. The number of likely N-dealkylation sites (N-methyl/N-ethyl adjacent to an activating group) is 1. The van der Waals surface area contributed by atoms with Crippen LogP contribution in [0.1, 0.15) is 52.9 Å². The van der Waals surface area contributed by atoms with E-state index >= 15 is 0 Å². The molecule has 0 aromatic carbocycles. The monoisotopic (exact) mass is 271 g/mol. The Morgan fingerprint density at radius 3 is 2.79 bits per heavy atom. The minimum Gasteiger partial charge on any atom is -0.468 e. The second-order valence-corrected chi connectivity index (χ2v) is 5.70. The first kappa shape index (κ1) is 16.4. The van der Waals surface area contributed by atoms with Crippen LogP contribution in [0.2, 0.25) is 0 Å². The number of methoxy groups -OCH3 is 1. The van der Waals surface area contributed by atoms with Gasteiger partial charge in [0.05, 0.1) is 13.2 Å². The highest BCUT2D eigenvalue weighted by Crippen LogP contribution is 2.33. The Morgan fingerprint density at radius 2 is 2.21 bits per heavy atom. The topological polar surface area (TPSA) is 47.6 Å². The summed E-state index contributed by atoms with van der Waals surface area (Å²) in [6.45, 7) is 7.99. The van der Waals surface area contributed by atoms with Gasteiger partial charge in [-0.25, -0.2) is 0 Å². The Morgan fingerprint density at radius 1 is 1.47 bits per heavy atom. The molecule has 0 saturated heterocycles. The first-order valence-electron chi connectivity index (χ1n) is 7.53. The lowest BCUT2D eigenvalue weighted by Crippen LogP contribution is -2.51. The normalized spacial score (nSPS) is 28.3. The summed E-state index contributed by atoms with van der Waals surface area (Å²) < 4.78 is 10.9. The summed E-state index contributed by atoms with van der Waals surface area (Å²) >= 11 is 0. The van der Waals surface area contributed by atoms with Gasteiger partial charge in [-0.15, -0.1) is 0 Å². The lowest BCUT2D eigenvalue weighted by Gasteiger charge is -2.27. The zero-order chi connectivity index (χ0) is 14.3. The molecule has 19 heavy (non-hydrogen) atoms. The number of rotatable bonds is 8. The average Bonchev–Trinajstić information content (AvgIpc) is 2.81. The van der Waals surface area contributed by atoms with E-state index in [2.05, 4.69) is 19.2 Å². The minimum absolute atomic E-state index is 0.151. The van der Waals surface area contributed by atoms with Crippen LogP contribution in [0.3, 0.4) is 0 Å². The smallest absolute Gasteiger partial charge is 0.326 e. The highest BCUT2D eigenvalue weighted by molar-refractivity contribution is 5.81. The van der Waals surface area contributed by atoms with Crippen LogP contribution in [-0.4, -0.2) is 37.9 Å². The fraction of sp³-hybridized carbons (Fsp3) is 0.933. The van der Waals surface area contributed by atoms with Gasteiger partial charge in [0.15, 0.2) is 0 Å². The van der Waals surface area contributed by atoms with Crippen molar-refractivity contribution in [2.45, 2.75) is 64.5 Å². The largest absolute Gasteiger partial charge is 0.468 e. The quantitative estimate of drug-likeness (QED) is 0.689. The van der Waals surface area contributed by atoms with Crippen LogP contribution in [0.25, 0.3) is 0 Å². The van der Waals surface area contributed by atoms with Crippen molar-refractivity contribution in [3.05, 3.63) is 0 Å². The van der Waals surface area contributed by atoms with Crippen LogP contribution in [0, 0.1) is 5.92 Å². The highest BCUT2D eigenvalue weighted by atomic mass is 16.5. The maximum absolute atomic E-state index is 12.0. The van der Waals surface area contributed by atoms with Crippen molar-refractivity contribution in [1.29, 1.82) is 0 Å². The predicted octanol–water partition coefficient (Wildman–Crippen LogP) is 2.51. The van der Waals surface area contributed by atoms with Gasteiger partial charge in [0.25, 0.3) is 0 Å². The third kappa shape index (κ3) is 4.46. The van der Waals surface area contributed by atoms with Crippen LogP contribution in [-0.2, 0) is 14.3 Å². The molecule has 0 amide bonds. The van der Waals surface area contributed by atoms with E-state index in [4.69, 9.17) is 9.47 Å². The molecule has 1 fully saturated rings. The Balaban J connectivity index is 2.47. The number of carbonyl (C=O) groups excluding carboxylic acids is 1. The molecule has 1 rings (SSSR count). The third-order valence-electron chi connectivity index (χ3n) is 3.96. The number of nitrogens with one attached hydrogen (secondary N) is 1. The van der Waals surface area contributed by atoms with Crippen LogP contribution in [0.15, 0.2) is 0 Å². The zero-order valence-corrected chi connectivity index (χ0v) is 12.8. The second-order valence-electron chi connectivity index (χ2n) is 5.70. The van der Waals surface area contributed by atoms with E-state index < -0.39 is 5.54 Å². The minimum atomic E-state index is -0.526. The molecule has 4 nitrogen and oxygen atoms in total. The lowest BCUT2D eigenvalue weighted by molar-refractivity contribution is -0.148. The third-order valence-corrected chi connectivity index (χ3v) is 3.96. The van der Waals surface area contributed by atoms with E-state index in [0.717, 1.165) is 32.4 Å². The maximum Gasteiger partial charge on any atom is 0.326 e. The molecule has 0 aromatic heterocycles. The molecule has 0 radical (unpaired) electrons. The van der Waals surface area contributed by atoms with Gasteiger partial charge in [-0.3, -0.25) is 4.79 Å². The van der Waals surface area contributed by atoms with E-state index in [-0.39, 0.29) is 12.1 Å². The van der Waals surface area contributed by atoms with Crippen molar-refractivity contribution >= 4 is 5.97 Å². The summed E-state index contributed by atoms with van der Waals surface area (Å²) in [5.74, 6) is 0.444. The van der Waals surface area contributed by atoms with Crippen molar-refractivity contribution in [2.24, 2.45) is 5.92 Å². The summed E-state index contributed by atoms with van der Waals surface area (Å²) in [5, 5.41) is 3.30. The molecule has 0 bridgehead atoms. The number of hydrogen-bond donors (Lipinski definition) is 1. The number of carbonyl (C=O) groups is 1. The predicted molar refractivity (Wildman–Crippen MR) is 76.1 cm³/mol. The van der Waals surface area contributed by atoms with Gasteiger partial charge >= 0.3 is 5.97 Å². The van der Waals surface area contributed by atoms with Gasteiger partial charge in [-0.05, 0) is 31.7 Å². The van der Waals surface area contributed by atoms with Crippen molar-refractivity contribution in [1.82, 2.24) is 5.32 Å². The zero-order valence-electron chi connectivity index (χ0n) is 12.8. The Labute approximate surface area is 117 Å². The molecule has 1 aliphatic rings. The molecule has 3 unspecified atom stereocenters. The molecule has 4 heteroatoms. The molecule has 1 aliphatic carbocycles. The van der Waals surface area contributed by atoms with Crippen molar-refractivity contribution in [3.8, 4) is 0 Å². The van der Waals surface area contributed by atoms with Crippen LogP contribution in [0.4, 0.5) is 0 Å². The Kier molecular flexibility index (Phi) is 6.80. The number of hydrogen-bond acceptors (Lipinski definition) is 4. The van der Waals surface area contributed by atoms with E-state index in [1.807, 2.05) is 6.92 Å². The number of esters is 1. The van der Waals surface area contributed by atoms with E-state index in [1.165, 1.54) is 20.0 Å². The molecule has 0 heterocycles. The van der Waals surface area contributed by atoms with Crippen LogP contribution >= 0.6 is 0 Å². The Hall–Kier alpha value is -0.610. The SMILES string of the molecule is CCCC(C)COC1CCC(NCC)(C(=O)OC)C1. The molecule has 112 valence electrons. The van der Waals surface area contributed by atoms with Gasteiger partial charge in [-0.2, -0.15) is 0 Å².